The number of hydrogen-bond acceptors (Lipinski definition) is 4. The predicted octanol–water partition coefficient (Wildman–Crippen LogP) is 3.41. The van der Waals surface area contributed by atoms with Crippen LogP contribution in [0.25, 0.3) is 10.2 Å². The van der Waals surface area contributed by atoms with Crippen LogP contribution in [0.5, 0.6) is 0 Å². The molecule has 6 heteroatoms. The Hall–Kier alpha value is -1.17. The van der Waals surface area contributed by atoms with Gasteiger partial charge in [0.2, 0.25) is 5.91 Å². The van der Waals surface area contributed by atoms with E-state index >= 15 is 0 Å². The summed E-state index contributed by atoms with van der Waals surface area (Å²) < 4.78 is 0.971. The van der Waals surface area contributed by atoms with Crippen molar-refractivity contribution in [2.45, 2.75) is 32.2 Å². The highest BCUT2D eigenvalue weighted by Gasteiger charge is 2.08. The van der Waals surface area contributed by atoms with Crippen LogP contribution in [0.3, 0.4) is 0 Å². The summed E-state index contributed by atoms with van der Waals surface area (Å²) in [5.74, 6) is -0.0224. The number of thiazole rings is 1. The van der Waals surface area contributed by atoms with Gasteiger partial charge in [0.25, 0.3) is 0 Å². The first-order valence-corrected chi connectivity index (χ1v) is 7.35. The molecule has 102 valence electrons. The summed E-state index contributed by atoms with van der Waals surface area (Å²) in [6.45, 7) is 1.94. The van der Waals surface area contributed by atoms with Crippen molar-refractivity contribution in [3.8, 4) is 0 Å². The molecule has 1 atom stereocenters. The number of carbonyl (C=O) groups is 1. The molecule has 3 N–H and O–H groups in total. The zero-order chi connectivity index (χ0) is 13.8. The topological polar surface area (TPSA) is 68.0 Å². The maximum atomic E-state index is 11.7. The second kappa shape index (κ2) is 6.32. The Morgan fingerprint density at radius 2 is 2.37 bits per heavy atom. The number of nitrogens with zero attached hydrogens (tertiary/aromatic N) is 1. The summed E-state index contributed by atoms with van der Waals surface area (Å²) >= 11 is 7.34. The molecule has 1 amide bonds. The van der Waals surface area contributed by atoms with E-state index in [9.17, 15) is 4.79 Å². The van der Waals surface area contributed by atoms with Gasteiger partial charge in [0.1, 0.15) is 0 Å². The fourth-order valence-corrected chi connectivity index (χ4v) is 2.88. The Kier molecular flexibility index (Phi) is 4.74. The number of aromatic nitrogens is 1. The Bertz CT molecular complexity index is 582. The lowest BCUT2D eigenvalue weighted by Gasteiger charge is -2.04. The van der Waals surface area contributed by atoms with Crippen molar-refractivity contribution in [1.29, 1.82) is 0 Å². The van der Waals surface area contributed by atoms with E-state index in [0.717, 1.165) is 23.1 Å². The molecular weight excluding hydrogens is 282 g/mol. The molecule has 0 bridgehead atoms. The SMILES string of the molecule is CC(N)CCCC(=O)Nc1nc2ccc(Cl)cc2s1. The number of amides is 1. The van der Waals surface area contributed by atoms with Crippen molar-refractivity contribution in [2.75, 3.05) is 5.32 Å². The van der Waals surface area contributed by atoms with Crippen molar-refractivity contribution in [3.63, 3.8) is 0 Å². The van der Waals surface area contributed by atoms with E-state index in [-0.39, 0.29) is 11.9 Å². The van der Waals surface area contributed by atoms with Gasteiger partial charge in [0.15, 0.2) is 5.13 Å². The Balaban J connectivity index is 1.95. The number of nitrogens with two attached hydrogens (primary N) is 1. The van der Waals surface area contributed by atoms with Crippen LogP contribution in [-0.4, -0.2) is 16.9 Å². The average Bonchev–Trinajstić information content (AvgIpc) is 2.69. The summed E-state index contributed by atoms with van der Waals surface area (Å²) in [7, 11) is 0. The molecule has 0 aliphatic rings. The minimum atomic E-state index is -0.0224. The van der Waals surface area contributed by atoms with Crippen LogP contribution in [0.4, 0.5) is 5.13 Å². The number of fused-ring (bicyclic) bond motifs is 1. The molecule has 0 fully saturated rings. The summed E-state index contributed by atoms with van der Waals surface area (Å²) in [5.41, 5.74) is 6.49. The Morgan fingerprint density at radius 1 is 1.58 bits per heavy atom. The minimum absolute atomic E-state index is 0.0224. The molecule has 0 aliphatic carbocycles. The van der Waals surface area contributed by atoms with E-state index in [1.165, 1.54) is 11.3 Å². The van der Waals surface area contributed by atoms with E-state index < -0.39 is 0 Å². The highest BCUT2D eigenvalue weighted by molar-refractivity contribution is 7.22. The minimum Gasteiger partial charge on any atom is -0.328 e. The van der Waals surface area contributed by atoms with Gasteiger partial charge in [-0.05, 0) is 38.0 Å². The average molecular weight is 298 g/mol. The van der Waals surface area contributed by atoms with Crippen LogP contribution < -0.4 is 11.1 Å². The van der Waals surface area contributed by atoms with Crippen LogP contribution in [0.2, 0.25) is 5.02 Å². The standard InChI is InChI=1S/C13H16ClN3OS/c1-8(15)3-2-4-12(18)17-13-16-10-6-5-9(14)7-11(10)19-13/h5-8H,2-4,15H2,1H3,(H,16,17,18). The molecule has 0 saturated carbocycles. The lowest BCUT2D eigenvalue weighted by molar-refractivity contribution is -0.116. The van der Waals surface area contributed by atoms with Crippen molar-refractivity contribution < 1.29 is 4.79 Å². The maximum Gasteiger partial charge on any atom is 0.226 e. The molecule has 1 aromatic heterocycles. The first kappa shape index (κ1) is 14.2. The molecule has 1 unspecified atom stereocenters. The second-order valence-electron chi connectivity index (χ2n) is 4.55. The van der Waals surface area contributed by atoms with E-state index in [1.54, 1.807) is 6.07 Å². The maximum absolute atomic E-state index is 11.7. The quantitative estimate of drug-likeness (QED) is 0.888. The number of rotatable bonds is 5. The highest BCUT2D eigenvalue weighted by Crippen LogP contribution is 2.28. The van der Waals surface area contributed by atoms with Crippen LogP contribution in [0, 0.1) is 0 Å². The van der Waals surface area contributed by atoms with Gasteiger partial charge in [-0.3, -0.25) is 4.79 Å². The van der Waals surface area contributed by atoms with Crippen LogP contribution >= 0.6 is 22.9 Å². The number of benzene rings is 1. The lowest BCUT2D eigenvalue weighted by Crippen LogP contribution is -2.16. The zero-order valence-corrected chi connectivity index (χ0v) is 12.2. The Morgan fingerprint density at radius 3 is 3.11 bits per heavy atom. The van der Waals surface area contributed by atoms with Gasteiger partial charge >= 0.3 is 0 Å². The van der Waals surface area contributed by atoms with E-state index in [1.807, 2.05) is 19.1 Å². The van der Waals surface area contributed by atoms with Crippen LogP contribution in [-0.2, 0) is 4.79 Å². The van der Waals surface area contributed by atoms with Crippen LogP contribution in [0.1, 0.15) is 26.2 Å². The fourth-order valence-electron chi connectivity index (χ4n) is 1.72. The second-order valence-corrected chi connectivity index (χ2v) is 6.02. The third-order valence-corrected chi connectivity index (χ3v) is 3.83. The van der Waals surface area contributed by atoms with Gasteiger partial charge in [-0.1, -0.05) is 22.9 Å². The monoisotopic (exact) mass is 297 g/mol. The Labute approximate surface area is 121 Å². The molecule has 19 heavy (non-hydrogen) atoms. The highest BCUT2D eigenvalue weighted by atomic mass is 35.5. The van der Waals surface area contributed by atoms with Crippen LogP contribution in [0.15, 0.2) is 18.2 Å². The van der Waals surface area contributed by atoms with E-state index in [2.05, 4.69) is 10.3 Å². The van der Waals surface area contributed by atoms with Gasteiger partial charge in [-0.2, -0.15) is 0 Å². The van der Waals surface area contributed by atoms with Gasteiger partial charge in [-0.15, -0.1) is 0 Å². The van der Waals surface area contributed by atoms with Crippen molar-refractivity contribution >= 4 is 44.2 Å². The largest absolute Gasteiger partial charge is 0.328 e. The fraction of sp³-hybridized carbons (Fsp3) is 0.385. The zero-order valence-electron chi connectivity index (χ0n) is 10.6. The summed E-state index contributed by atoms with van der Waals surface area (Å²) in [6.07, 6.45) is 2.11. The molecular formula is C13H16ClN3OS. The molecule has 2 rings (SSSR count). The van der Waals surface area contributed by atoms with Gasteiger partial charge in [0.05, 0.1) is 10.2 Å². The predicted molar refractivity (Wildman–Crippen MR) is 80.8 cm³/mol. The number of hydrogen-bond donors (Lipinski definition) is 2. The summed E-state index contributed by atoms with van der Waals surface area (Å²) in [6, 6.07) is 5.62. The summed E-state index contributed by atoms with van der Waals surface area (Å²) in [5, 5.41) is 4.10. The normalized spacial score (nSPS) is 12.6. The molecule has 1 heterocycles. The van der Waals surface area contributed by atoms with Crippen molar-refractivity contribution in [3.05, 3.63) is 23.2 Å². The molecule has 2 aromatic rings. The van der Waals surface area contributed by atoms with Crippen molar-refractivity contribution in [2.24, 2.45) is 5.73 Å². The molecule has 4 nitrogen and oxygen atoms in total. The first-order valence-electron chi connectivity index (χ1n) is 6.16. The van der Waals surface area contributed by atoms with Gasteiger partial charge in [-0.25, -0.2) is 4.98 Å². The number of carbonyl (C=O) groups excluding carboxylic acids is 1. The number of anilines is 1. The number of halogens is 1. The third kappa shape index (κ3) is 4.16. The smallest absolute Gasteiger partial charge is 0.226 e. The molecule has 0 aliphatic heterocycles. The third-order valence-electron chi connectivity index (χ3n) is 2.66. The molecule has 0 saturated heterocycles. The van der Waals surface area contributed by atoms with Gasteiger partial charge in [0, 0.05) is 17.5 Å². The number of nitrogens with one attached hydrogen (secondary N) is 1. The lowest BCUT2D eigenvalue weighted by atomic mass is 10.1. The van der Waals surface area contributed by atoms with E-state index in [4.69, 9.17) is 17.3 Å². The molecule has 0 radical (unpaired) electrons. The van der Waals surface area contributed by atoms with Gasteiger partial charge < -0.3 is 11.1 Å². The van der Waals surface area contributed by atoms with E-state index in [0.29, 0.717) is 16.6 Å². The van der Waals surface area contributed by atoms with Crippen molar-refractivity contribution in [1.82, 2.24) is 4.98 Å². The summed E-state index contributed by atoms with van der Waals surface area (Å²) in [4.78, 5) is 16.1. The molecule has 1 aromatic carbocycles. The first-order chi connectivity index (χ1) is 9.04. The molecule has 0 spiro atoms.